The van der Waals surface area contributed by atoms with E-state index in [9.17, 15) is 4.79 Å². The van der Waals surface area contributed by atoms with Crippen LogP contribution in [0.5, 0.6) is 11.5 Å². The summed E-state index contributed by atoms with van der Waals surface area (Å²) in [6, 6.07) is 7.60. The average Bonchev–Trinajstić information content (AvgIpc) is 2.62. The molecule has 3 rings (SSSR count). The fourth-order valence-corrected chi connectivity index (χ4v) is 3.26. The van der Waals surface area contributed by atoms with Gasteiger partial charge < -0.3 is 19.4 Å². The zero-order valence-electron chi connectivity index (χ0n) is 14.5. The number of aromatic nitrogens is 1. The van der Waals surface area contributed by atoms with E-state index in [2.05, 4.69) is 4.98 Å². The first-order valence-electron chi connectivity index (χ1n) is 8.52. The first kappa shape index (κ1) is 17.5. The number of nitrogens with zero attached hydrogens (tertiary/aromatic N) is 1. The van der Waals surface area contributed by atoms with Crippen molar-refractivity contribution in [3.63, 3.8) is 0 Å². The van der Waals surface area contributed by atoms with E-state index in [0.29, 0.717) is 36.5 Å². The third kappa shape index (κ3) is 3.69. The molecular formula is C19H22N2O3S. The van der Waals surface area contributed by atoms with Crippen molar-refractivity contribution in [2.45, 2.75) is 26.8 Å². The van der Waals surface area contributed by atoms with Gasteiger partial charge in [0, 0.05) is 19.3 Å². The highest BCUT2D eigenvalue weighted by Crippen LogP contribution is 2.34. The Morgan fingerprint density at radius 1 is 1.20 bits per heavy atom. The Hall–Kier alpha value is -2.34. The maximum atomic E-state index is 12.8. The van der Waals surface area contributed by atoms with E-state index < -0.39 is 0 Å². The van der Waals surface area contributed by atoms with Gasteiger partial charge in [-0.2, -0.15) is 0 Å². The molecule has 1 aromatic carbocycles. The zero-order valence-corrected chi connectivity index (χ0v) is 15.3. The fraction of sp³-hybridized carbons (Fsp3) is 0.368. The quantitative estimate of drug-likeness (QED) is 0.827. The van der Waals surface area contributed by atoms with Crippen LogP contribution in [-0.4, -0.2) is 35.5 Å². The Bertz CT molecular complexity index is 832. The van der Waals surface area contributed by atoms with E-state index in [1.807, 2.05) is 30.9 Å². The van der Waals surface area contributed by atoms with Gasteiger partial charge in [0.15, 0.2) is 11.5 Å². The Morgan fingerprint density at radius 2 is 1.88 bits per heavy atom. The summed E-state index contributed by atoms with van der Waals surface area (Å²) in [7, 11) is 0. The van der Waals surface area contributed by atoms with Crippen LogP contribution in [0.25, 0.3) is 0 Å². The van der Waals surface area contributed by atoms with Crippen molar-refractivity contribution in [3.8, 4) is 11.5 Å². The highest BCUT2D eigenvalue weighted by molar-refractivity contribution is 7.71. The molecule has 25 heavy (non-hydrogen) atoms. The lowest BCUT2D eigenvalue weighted by Gasteiger charge is -2.30. The predicted molar refractivity (Wildman–Crippen MR) is 98.9 cm³/mol. The number of carbonyl (C=O) groups excluding carboxylic acids is 1. The van der Waals surface area contributed by atoms with Gasteiger partial charge in [0.25, 0.3) is 5.91 Å². The molecule has 5 nitrogen and oxygen atoms in total. The molecule has 2 aromatic rings. The lowest BCUT2D eigenvalue weighted by Crippen LogP contribution is -2.36. The van der Waals surface area contributed by atoms with Crippen molar-refractivity contribution in [1.82, 2.24) is 9.88 Å². The summed E-state index contributed by atoms with van der Waals surface area (Å²) in [4.78, 5) is 17.5. The second kappa shape index (κ2) is 7.70. The second-order valence-electron chi connectivity index (χ2n) is 5.82. The summed E-state index contributed by atoms with van der Waals surface area (Å²) in [5.74, 6) is 1.46. The molecule has 2 heterocycles. The number of hydrogen-bond acceptors (Lipinski definition) is 4. The molecular weight excluding hydrogens is 336 g/mol. The highest BCUT2D eigenvalue weighted by atomic mass is 32.1. The van der Waals surface area contributed by atoms with Gasteiger partial charge in [-0.15, -0.1) is 0 Å². The van der Waals surface area contributed by atoms with Gasteiger partial charge >= 0.3 is 0 Å². The number of benzene rings is 1. The molecule has 1 aliphatic heterocycles. The average molecular weight is 358 g/mol. The Balaban J connectivity index is 1.88. The number of aromatic amines is 1. The molecule has 0 radical (unpaired) electrons. The van der Waals surface area contributed by atoms with E-state index in [-0.39, 0.29) is 5.91 Å². The number of amides is 1. The van der Waals surface area contributed by atoms with Crippen molar-refractivity contribution in [2.75, 3.05) is 19.8 Å². The normalized spacial score (nSPS) is 13.3. The van der Waals surface area contributed by atoms with E-state index in [0.717, 1.165) is 23.5 Å². The van der Waals surface area contributed by atoms with Crippen LogP contribution < -0.4 is 9.47 Å². The van der Waals surface area contributed by atoms with Gasteiger partial charge in [-0.1, -0.05) is 12.2 Å². The maximum Gasteiger partial charge on any atom is 0.257 e. The number of nitrogens with one attached hydrogen (secondary N) is 1. The Morgan fingerprint density at radius 3 is 2.52 bits per heavy atom. The van der Waals surface area contributed by atoms with Crippen molar-refractivity contribution in [1.29, 1.82) is 0 Å². The van der Waals surface area contributed by atoms with Gasteiger partial charge in [-0.25, -0.2) is 0 Å². The molecule has 6 heteroatoms. The Labute approximate surface area is 152 Å². The molecule has 0 fully saturated rings. The number of H-pyrrole nitrogens is 1. The summed E-state index contributed by atoms with van der Waals surface area (Å²) in [6.07, 6.45) is 2.52. The molecule has 0 aliphatic carbocycles. The molecule has 132 valence electrons. The van der Waals surface area contributed by atoms with Crippen LogP contribution >= 0.6 is 12.2 Å². The van der Waals surface area contributed by atoms with Crippen LogP contribution in [0.1, 0.15) is 35.3 Å². The molecule has 1 N–H and O–H groups in total. The first-order chi connectivity index (χ1) is 12.1. The summed E-state index contributed by atoms with van der Waals surface area (Å²) >= 11 is 5.24. The van der Waals surface area contributed by atoms with Gasteiger partial charge in [-0.05, 0) is 55.7 Å². The molecule has 0 bridgehead atoms. The first-order valence-corrected chi connectivity index (χ1v) is 8.93. The number of fused-ring (bicyclic) bond motifs is 1. The van der Waals surface area contributed by atoms with Crippen molar-refractivity contribution in [3.05, 3.63) is 51.8 Å². The maximum absolute atomic E-state index is 12.8. The number of hydrogen-bond donors (Lipinski definition) is 1. The monoisotopic (exact) mass is 358 g/mol. The van der Waals surface area contributed by atoms with Crippen LogP contribution in [0.2, 0.25) is 0 Å². The predicted octanol–water partition coefficient (Wildman–Crippen LogP) is 3.74. The zero-order chi connectivity index (χ0) is 17.8. The van der Waals surface area contributed by atoms with Crippen molar-refractivity contribution >= 4 is 18.1 Å². The SMILES string of the molecule is CCOc1cc2c(cc1OCC)CN(C(=O)c1ccc[nH]c1=S)CC2. The van der Waals surface area contributed by atoms with Gasteiger partial charge in [0.05, 0.1) is 18.8 Å². The van der Waals surface area contributed by atoms with Crippen LogP contribution in [0.3, 0.4) is 0 Å². The van der Waals surface area contributed by atoms with Crippen LogP contribution in [0, 0.1) is 4.64 Å². The van der Waals surface area contributed by atoms with E-state index in [4.69, 9.17) is 21.7 Å². The number of pyridine rings is 1. The summed E-state index contributed by atoms with van der Waals surface area (Å²) < 4.78 is 11.9. The van der Waals surface area contributed by atoms with E-state index >= 15 is 0 Å². The lowest BCUT2D eigenvalue weighted by atomic mass is 9.98. The van der Waals surface area contributed by atoms with Crippen molar-refractivity contribution in [2.24, 2.45) is 0 Å². The van der Waals surface area contributed by atoms with Gasteiger partial charge in [0.2, 0.25) is 0 Å². The van der Waals surface area contributed by atoms with Gasteiger partial charge in [0.1, 0.15) is 4.64 Å². The molecule has 0 atom stereocenters. The minimum absolute atomic E-state index is 0.0423. The molecule has 0 spiro atoms. The molecule has 0 saturated carbocycles. The van der Waals surface area contributed by atoms with Crippen molar-refractivity contribution < 1.29 is 14.3 Å². The molecule has 0 saturated heterocycles. The number of carbonyl (C=O) groups is 1. The molecule has 0 unspecified atom stereocenters. The summed E-state index contributed by atoms with van der Waals surface area (Å²) in [5.41, 5.74) is 2.84. The topological polar surface area (TPSA) is 54.6 Å². The standard InChI is InChI=1S/C19H22N2O3S/c1-3-23-16-10-13-7-9-21(12-14(13)11-17(16)24-4-2)19(22)15-6-5-8-20-18(15)25/h5-6,8,10-11H,3-4,7,9,12H2,1-2H3,(H,20,25). The third-order valence-electron chi connectivity index (χ3n) is 4.21. The van der Waals surface area contributed by atoms with E-state index in [1.54, 1.807) is 18.3 Å². The second-order valence-corrected chi connectivity index (χ2v) is 6.23. The number of ether oxygens (including phenoxy) is 2. The van der Waals surface area contributed by atoms with Crippen LogP contribution in [0.15, 0.2) is 30.5 Å². The summed E-state index contributed by atoms with van der Waals surface area (Å²) in [5, 5.41) is 0. The van der Waals surface area contributed by atoms with Crippen LogP contribution in [0.4, 0.5) is 0 Å². The minimum atomic E-state index is -0.0423. The smallest absolute Gasteiger partial charge is 0.257 e. The Kier molecular flexibility index (Phi) is 5.38. The number of rotatable bonds is 5. The fourth-order valence-electron chi connectivity index (χ4n) is 3.03. The molecule has 1 aliphatic rings. The molecule has 1 aromatic heterocycles. The third-order valence-corrected chi connectivity index (χ3v) is 4.55. The van der Waals surface area contributed by atoms with E-state index in [1.165, 1.54) is 5.56 Å². The van der Waals surface area contributed by atoms with Crippen LogP contribution in [-0.2, 0) is 13.0 Å². The molecule has 1 amide bonds. The largest absolute Gasteiger partial charge is 0.490 e. The minimum Gasteiger partial charge on any atom is -0.490 e. The van der Waals surface area contributed by atoms with Gasteiger partial charge in [-0.3, -0.25) is 4.79 Å². The lowest BCUT2D eigenvalue weighted by molar-refractivity contribution is 0.0733. The summed E-state index contributed by atoms with van der Waals surface area (Å²) in [6.45, 7) is 6.27. The highest BCUT2D eigenvalue weighted by Gasteiger charge is 2.24.